The number of carbonyl (C=O) groups excluding carboxylic acids is 1. The van der Waals surface area contributed by atoms with Crippen molar-refractivity contribution in [1.29, 1.82) is 0 Å². The number of ether oxygens (including phenoxy) is 1. The molecule has 0 aliphatic heterocycles. The van der Waals surface area contributed by atoms with Gasteiger partial charge in [0.15, 0.2) is 0 Å². The second-order valence-electron chi connectivity index (χ2n) is 5.24. The van der Waals surface area contributed by atoms with Gasteiger partial charge >= 0.3 is 18.0 Å². The van der Waals surface area contributed by atoms with E-state index in [0.29, 0.717) is 0 Å². The van der Waals surface area contributed by atoms with Crippen molar-refractivity contribution in [2.75, 3.05) is 0 Å². The summed E-state index contributed by atoms with van der Waals surface area (Å²) in [6, 6.07) is -0.835. The van der Waals surface area contributed by atoms with Crippen molar-refractivity contribution in [3.63, 3.8) is 0 Å². The summed E-state index contributed by atoms with van der Waals surface area (Å²) in [6.45, 7) is 5.04. The number of hydrogen-bond donors (Lipinski definition) is 3. The van der Waals surface area contributed by atoms with E-state index in [1.807, 2.05) is 0 Å². The summed E-state index contributed by atoms with van der Waals surface area (Å²) >= 11 is 0. The van der Waals surface area contributed by atoms with E-state index in [2.05, 4.69) is 5.32 Å². The zero-order valence-electron chi connectivity index (χ0n) is 11.0. The molecule has 19 heavy (non-hydrogen) atoms. The Morgan fingerprint density at radius 1 is 1.21 bits per heavy atom. The molecule has 0 radical (unpaired) electrons. The lowest BCUT2D eigenvalue weighted by atomic mass is 10.1. The highest BCUT2D eigenvalue weighted by atomic mass is 16.6. The van der Waals surface area contributed by atoms with Crippen LogP contribution in [0, 0.1) is 0 Å². The maximum atomic E-state index is 11.6. The highest BCUT2D eigenvalue weighted by Gasteiger charge is 2.35. The van der Waals surface area contributed by atoms with Gasteiger partial charge in [0.05, 0.1) is 11.6 Å². The van der Waals surface area contributed by atoms with Crippen molar-refractivity contribution in [1.82, 2.24) is 5.32 Å². The number of aliphatic carboxylic acids is 2. The smallest absolute Gasteiger partial charge is 0.408 e. The fourth-order valence-corrected chi connectivity index (χ4v) is 1.87. The summed E-state index contributed by atoms with van der Waals surface area (Å²) in [5.74, 6) is -2.61. The van der Waals surface area contributed by atoms with Crippen LogP contribution in [-0.4, -0.2) is 39.9 Å². The number of rotatable bonds is 3. The van der Waals surface area contributed by atoms with Crippen LogP contribution in [-0.2, 0) is 14.3 Å². The monoisotopic (exact) mass is 271 g/mol. The molecular formula is C12H17NO6. The molecule has 1 aliphatic rings. The predicted octanol–water partition coefficient (Wildman–Crippen LogP) is 1.14. The first-order valence-corrected chi connectivity index (χ1v) is 5.81. The molecule has 0 aromatic heterocycles. The Balaban J connectivity index is 2.83. The first-order chi connectivity index (χ1) is 8.61. The molecule has 0 aromatic rings. The van der Waals surface area contributed by atoms with Crippen molar-refractivity contribution in [2.45, 2.75) is 45.3 Å². The Morgan fingerprint density at radius 2 is 1.79 bits per heavy atom. The van der Waals surface area contributed by atoms with Crippen LogP contribution in [0.2, 0.25) is 0 Å². The van der Waals surface area contributed by atoms with Gasteiger partial charge in [-0.1, -0.05) is 0 Å². The Hall–Kier alpha value is -2.05. The minimum Gasteiger partial charge on any atom is -0.478 e. The minimum absolute atomic E-state index is 0.109. The lowest BCUT2D eigenvalue weighted by Crippen LogP contribution is -2.40. The maximum Gasteiger partial charge on any atom is 0.408 e. The van der Waals surface area contributed by atoms with Gasteiger partial charge in [-0.15, -0.1) is 0 Å². The molecule has 1 amide bonds. The quantitative estimate of drug-likeness (QED) is 0.709. The van der Waals surface area contributed by atoms with Crippen LogP contribution in [0.5, 0.6) is 0 Å². The third-order valence-corrected chi connectivity index (χ3v) is 2.54. The molecule has 1 atom stereocenters. The lowest BCUT2D eigenvalue weighted by molar-refractivity contribution is -0.136. The Morgan fingerprint density at radius 3 is 2.21 bits per heavy atom. The minimum atomic E-state index is -1.34. The van der Waals surface area contributed by atoms with Crippen LogP contribution in [0.25, 0.3) is 0 Å². The molecule has 1 rings (SSSR count). The molecule has 1 aliphatic carbocycles. The Bertz CT molecular complexity index is 446. The van der Waals surface area contributed by atoms with Gasteiger partial charge < -0.3 is 20.3 Å². The molecule has 1 unspecified atom stereocenters. The molecule has 106 valence electrons. The molecule has 0 fully saturated rings. The van der Waals surface area contributed by atoms with E-state index in [9.17, 15) is 14.4 Å². The average molecular weight is 271 g/mol. The van der Waals surface area contributed by atoms with E-state index in [1.54, 1.807) is 20.8 Å². The molecule has 7 nitrogen and oxygen atoms in total. The Kier molecular flexibility index (Phi) is 4.18. The zero-order valence-corrected chi connectivity index (χ0v) is 11.0. The highest BCUT2D eigenvalue weighted by Crippen LogP contribution is 2.27. The second kappa shape index (κ2) is 5.29. The van der Waals surface area contributed by atoms with E-state index in [1.165, 1.54) is 0 Å². The number of alkyl carbamates (subject to hydrolysis) is 1. The van der Waals surface area contributed by atoms with E-state index in [-0.39, 0.29) is 24.0 Å². The van der Waals surface area contributed by atoms with E-state index in [4.69, 9.17) is 14.9 Å². The van der Waals surface area contributed by atoms with Gasteiger partial charge in [-0.25, -0.2) is 14.4 Å². The molecular weight excluding hydrogens is 254 g/mol. The topological polar surface area (TPSA) is 113 Å². The number of amides is 1. The first kappa shape index (κ1) is 15.0. The molecule has 0 saturated carbocycles. The Labute approximate surface area is 110 Å². The maximum absolute atomic E-state index is 11.6. The van der Waals surface area contributed by atoms with Crippen molar-refractivity contribution in [3.05, 3.63) is 11.1 Å². The van der Waals surface area contributed by atoms with Crippen molar-refractivity contribution >= 4 is 18.0 Å². The van der Waals surface area contributed by atoms with E-state index >= 15 is 0 Å². The molecule has 0 heterocycles. The molecule has 0 saturated heterocycles. The molecule has 3 N–H and O–H groups in total. The van der Waals surface area contributed by atoms with Gasteiger partial charge in [0.25, 0.3) is 0 Å². The summed E-state index contributed by atoms with van der Waals surface area (Å²) in [5.41, 5.74) is -1.15. The molecule has 7 heteroatoms. The SMILES string of the molecule is CC(C)(C)OC(=O)NC1CCC(C(=O)O)=C1C(=O)O. The normalized spacial score (nSPS) is 19.2. The van der Waals surface area contributed by atoms with Gasteiger partial charge in [-0.3, -0.25) is 0 Å². The molecule has 0 aromatic carbocycles. The summed E-state index contributed by atoms with van der Waals surface area (Å²) in [7, 11) is 0. The van der Waals surface area contributed by atoms with Gasteiger partial charge in [0, 0.05) is 5.57 Å². The fraction of sp³-hybridized carbons (Fsp3) is 0.583. The number of carboxylic acid groups (broad SMARTS) is 2. The molecule has 0 spiro atoms. The summed E-state index contributed by atoms with van der Waals surface area (Å²) in [6.07, 6.45) is -0.414. The van der Waals surface area contributed by atoms with Crippen molar-refractivity contribution < 1.29 is 29.3 Å². The van der Waals surface area contributed by atoms with Crippen LogP contribution in [0.15, 0.2) is 11.1 Å². The third kappa shape index (κ3) is 3.97. The van der Waals surface area contributed by atoms with Crippen LogP contribution in [0.1, 0.15) is 33.6 Å². The number of carbonyl (C=O) groups is 3. The predicted molar refractivity (Wildman–Crippen MR) is 64.7 cm³/mol. The van der Waals surface area contributed by atoms with Crippen LogP contribution >= 0.6 is 0 Å². The van der Waals surface area contributed by atoms with Gasteiger partial charge in [-0.05, 0) is 33.6 Å². The number of nitrogens with one attached hydrogen (secondary N) is 1. The number of carboxylic acids is 2. The van der Waals surface area contributed by atoms with E-state index in [0.717, 1.165) is 0 Å². The zero-order chi connectivity index (χ0) is 14.8. The van der Waals surface area contributed by atoms with Crippen LogP contribution < -0.4 is 5.32 Å². The van der Waals surface area contributed by atoms with Crippen LogP contribution in [0.3, 0.4) is 0 Å². The van der Waals surface area contributed by atoms with Crippen molar-refractivity contribution in [3.8, 4) is 0 Å². The van der Waals surface area contributed by atoms with Gasteiger partial charge in [0.1, 0.15) is 5.60 Å². The highest BCUT2D eigenvalue weighted by molar-refractivity contribution is 6.01. The summed E-state index contributed by atoms with van der Waals surface area (Å²) < 4.78 is 5.01. The standard InChI is InChI=1S/C12H17NO6/c1-12(2,3)19-11(18)13-7-5-4-6(9(14)15)8(7)10(16)17/h7H,4-5H2,1-3H3,(H,13,18)(H,14,15)(H,16,17). The fourth-order valence-electron chi connectivity index (χ4n) is 1.87. The van der Waals surface area contributed by atoms with Gasteiger partial charge in [-0.2, -0.15) is 0 Å². The summed E-state index contributed by atoms with van der Waals surface area (Å²) in [4.78, 5) is 33.6. The number of hydrogen-bond acceptors (Lipinski definition) is 4. The average Bonchev–Trinajstić information content (AvgIpc) is 2.57. The van der Waals surface area contributed by atoms with Crippen LogP contribution in [0.4, 0.5) is 4.79 Å². The summed E-state index contributed by atoms with van der Waals surface area (Å²) in [5, 5.41) is 20.3. The molecule has 0 bridgehead atoms. The van der Waals surface area contributed by atoms with Gasteiger partial charge in [0.2, 0.25) is 0 Å². The second-order valence-corrected chi connectivity index (χ2v) is 5.24. The first-order valence-electron chi connectivity index (χ1n) is 5.81. The largest absolute Gasteiger partial charge is 0.478 e. The van der Waals surface area contributed by atoms with E-state index < -0.39 is 29.7 Å². The van der Waals surface area contributed by atoms with Crippen molar-refractivity contribution in [2.24, 2.45) is 0 Å². The lowest BCUT2D eigenvalue weighted by Gasteiger charge is -2.22. The third-order valence-electron chi connectivity index (χ3n) is 2.54.